The Morgan fingerprint density at radius 2 is 2.15 bits per heavy atom. The highest BCUT2D eigenvalue weighted by molar-refractivity contribution is 7.99. The van der Waals surface area contributed by atoms with Crippen molar-refractivity contribution in [3.05, 3.63) is 29.8 Å². The maximum atomic E-state index is 12.5. The van der Waals surface area contributed by atoms with E-state index in [0.717, 1.165) is 12.1 Å². The molecule has 2 rings (SSSR count). The van der Waals surface area contributed by atoms with E-state index < -0.39 is 23.2 Å². The molecule has 0 aromatic heterocycles. The maximum absolute atomic E-state index is 12.5. The average molecular weight is 306 g/mol. The van der Waals surface area contributed by atoms with Gasteiger partial charge in [-0.3, -0.25) is 15.6 Å². The van der Waals surface area contributed by atoms with Crippen LogP contribution >= 0.6 is 11.8 Å². The molecule has 1 amide bonds. The summed E-state index contributed by atoms with van der Waals surface area (Å²) < 4.78 is 37.5. The second-order valence-corrected chi connectivity index (χ2v) is 5.60. The van der Waals surface area contributed by atoms with Crippen LogP contribution in [0, 0.1) is 0 Å². The molecule has 1 heterocycles. The second-order valence-electron chi connectivity index (χ2n) is 4.49. The van der Waals surface area contributed by atoms with Gasteiger partial charge in [-0.2, -0.15) is 24.9 Å². The Balaban J connectivity index is 1.99. The van der Waals surface area contributed by atoms with Crippen molar-refractivity contribution < 1.29 is 23.1 Å². The number of halogens is 3. The number of anilines is 1. The standard InChI is InChI=1S/C12H13F3N2O2S/c13-12(14,15)8-2-1-3-9(6-8)16-17-10(18)11(19)4-5-20-7-11/h1-3,6,16,19H,4-5,7H2,(H,17,18). The number of hydrazine groups is 1. The number of thioether (sulfide) groups is 1. The quantitative estimate of drug-likeness (QED) is 0.748. The number of carbonyl (C=O) groups is 1. The Labute approximate surface area is 117 Å². The summed E-state index contributed by atoms with van der Waals surface area (Å²) in [5, 5.41) is 9.97. The highest BCUT2D eigenvalue weighted by Gasteiger charge is 2.39. The highest BCUT2D eigenvalue weighted by Crippen LogP contribution is 2.31. The zero-order chi connectivity index (χ0) is 14.8. The van der Waals surface area contributed by atoms with Gasteiger partial charge in [0.05, 0.1) is 11.3 Å². The molecular formula is C12H13F3N2O2S. The van der Waals surface area contributed by atoms with Crippen LogP contribution in [0.4, 0.5) is 18.9 Å². The molecule has 1 aromatic rings. The fourth-order valence-electron chi connectivity index (χ4n) is 1.75. The van der Waals surface area contributed by atoms with Crippen molar-refractivity contribution >= 4 is 23.4 Å². The van der Waals surface area contributed by atoms with Gasteiger partial charge in [-0.15, -0.1) is 0 Å². The van der Waals surface area contributed by atoms with Crippen molar-refractivity contribution in [1.82, 2.24) is 5.43 Å². The van der Waals surface area contributed by atoms with Crippen LogP contribution in [0.5, 0.6) is 0 Å². The predicted molar refractivity (Wildman–Crippen MR) is 70.1 cm³/mol. The molecule has 1 fully saturated rings. The lowest BCUT2D eigenvalue weighted by atomic mass is 10.0. The molecule has 4 nitrogen and oxygen atoms in total. The Morgan fingerprint density at radius 3 is 2.75 bits per heavy atom. The van der Waals surface area contributed by atoms with E-state index in [1.807, 2.05) is 0 Å². The minimum absolute atomic E-state index is 0.0995. The summed E-state index contributed by atoms with van der Waals surface area (Å²) in [5.41, 5.74) is 2.46. The van der Waals surface area contributed by atoms with Crippen LogP contribution < -0.4 is 10.9 Å². The van der Waals surface area contributed by atoms with Gasteiger partial charge in [0.1, 0.15) is 0 Å². The number of hydrogen-bond acceptors (Lipinski definition) is 4. The van der Waals surface area contributed by atoms with Crippen molar-refractivity contribution in [3.63, 3.8) is 0 Å². The van der Waals surface area contributed by atoms with E-state index in [-0.39, 0.29) is 11.4 Å². The molecule has 1 saturated heterocycles. The molecule has 1 aliphatic heterocycles. The summed E-state index contributed by atoms with van der Waals surface area (Å²) in [5.74, 6) is 0.316. The van der Waals surface area contributed by atoms with Crippen molar-refractivity contribution in [2.24, 2.45) is 0 Å². The van der Waals surface area contributed by atoms with E-state index in [2.05, 4.69) is 10.9 Å². The van der Waals surface area contributed by atoms with Gasteiger partial charge in [0.25, 0.3) is 5.91 Å². The first kappa shape index (κ1) is 15.0. The first-order chi connectivity index (χ1) is 9.31. The smallest absolute Gasteiger partial charge is 0.379 e. The van der Waals surface area contributed by atoms with Gasteiger partial charge < -0.3 is 5.11 Å². The lowest BCUT2D eigenvalue weighted by molar-refractivity contribution is -0.137. The summed E-state index contributed by atoms with van der Waals surface area (Å²) in [4.78, 5) is 11.8. The number of alkyl halides is 3. The third kappa shape index (κ3) is 3.37. The first-order valence-electron chi connectivity index (χ1n) is 5.85. The molecule has 1 atom stereocenters. The summed E-state index contributed by atoms with van der Waals surface area (Å²) in [6, 6.07) is 4.45. The minimum Gasteiger partial charge on any atom is -0.379 e. The van der Waals surface area contributed by atoms with Crippen LogP contribution in [0.2, 0.25) is 0 Å². The van der Waals surface area contributed by atoms with Crippen molar-refractivity contribution in [3.8, 4) is 0 Å². The molecule has 1 aliphatic rings. The van der Waals surface area contributed by atoms with Crippen molar-refractivity contribution in [2.75, 3.05) is 16.9 Å². The Bertz CT molecular complexity index is 502. The van der Waals surface area contributed by atoms with Crippen LogP contribution in [-0.2, 0) is 11.0 Å². The molecule has 0 bridgehead atoms. The summed E-state index contributed by atoms with van der Waals surface area (Å²) in [6.07, 6.45) is -4.12. The van der Waals surface area contributed by atoms with Gasteiger partial charge in [-0.25, -0.2) is 0 Å². The van der Waals surface area contributed by atoms with Crippen LogP contribution in [0.3, 0.4) is 0 Å². The molecular weight excluding hydrogens is 293 g/mol. The summed E-state index contributed by atoms with van der Waals surface area (Å²) in [7, 11) is 0. The van der Waals surface area contributed by atoms with Gasteiger partial charge in [0, 0.05) is 5.75 Å². The Kier molecular flexibility index (Phi) is 4.14. The fourth-order valence-corrected chi connectivity index (χ4v) is 2.99. The normalized spacial score (nSPS) is 22.6. The maximum Gasteiger partial charge on any atom is 0.416 e. The van der Waals surface area contributed by atoms with E-state index >= 15 is 0 Å². The summed E-state index contributed by atoms with van der Waals surface area (Å²) >= 11 is 1.45. The molecule has 1 unspecified atom stereocenters. The molecule has 0 aliphatic carbocycles. The highest BCUT2D eigenvalue weighted by atomic mass is 32.2. The van der Waals surface area contributed by atoms with Crippen LogP contribution in [0.15, 0.2) is 24.3 Å². The molecule has 1 aromatic carbocycles. The lowest BCUT2D eigenvalue weighted by Gasteiger charge is -2.21. The van der Waals surface area contributed by atoms with Gasteiger partial charge >= 0.3 is 6.18 Å². The lowest BCUT2D eigenvalue weighted by Crippen LogP contribution is -2.48. The molecule has 0 saturated carbocycles. The third-order valence-corrected chi connectivity index (χ3v) is 4.11. The molecule has 20 heavy (non-hydrogen) atoms. The van der Waals surface area contributed by atoms with Gasteiger partial charge in [0.2, 0.25) is 0 Å². The number of amides is 1. The van der Waals surface area contributed by atoms with E-state index in [0.29, 0.717) is 12.2 Å². The number of hydrogen-bond donors (Lipinski definition) is 3. The Morgan fingerprint density at radius 1 is 1.40 bits per heavy atom. The first-order valence-corrected chi connectivity index (χ1v) is 7.01. The van der Waals surface area contributed by atoms with E-state index in [9.17, 15) is 23.1 Å². The summed E-state index contributed by atoms with van der Waals surface area (Å²) in [6.45, 7) is 0. The van der Waals surface area contributed by atoms with E-state index in [1.165, 1.54) is 23.9 Å². The van der Waals surface area contributed by atoms with Crippen molar-refractivity contribution in [1.29, 1.82) is 0 Å². The number of aliphatic hydroxyl groups is 1. The monoisotopic (exact) mass is 306 g/mol. The molecule has 0 radical (unpaired) electrons. The number of carbonyl (C=O) groups excluding carboxylic acids is 1. The number of nitrogens with one attached hydrogen (secondary N) is 2. The minimum atomic E-state index is -4.44. The Hall–Kier alpha value is -1.41. The zero-order valence-corrected chi connectivity index (χ0v) is 11.1. The predicted octanol–water partition coefficient (Wildman–Crippen LogP) is 2.02. The van der Waals surface area contributed by atoms with Crippen LogP contribution in [0.1, 0.15) is 12.0 Å². The largest absolute Gasteiger partial charge is 0.416 e. The molecule has 0 spiro atoms. The van der Waals surface area contributed by atoms with Crippen LogP contribution in [0.25, 0.3) is 0 Å². The van der Waals surface area contributed by atoms with Crippen LogP contribution in [-0.4, -0.2) is 28.1 Å². The average Bonchev–Trinajstić information content (AvgIpc) is 2.83. The molecule has 3 N–H and O–H groups in total. The molecule has 8 heteroatoms. The SMILES string of the molecule is O=C(NNc1cccc(C(F)(F)F)c1)C1(O)CCSC1. The fraction of sp³-hybridized carbons (Fsp3) is 0.417. The van der Waals surface area contributed by atoms with Gasteiger partial charge in [0.15, 0.2) is 5.60 Å². The third-order valence-electron chi connectivity index (χ3n) is 2.93. The number of rotatable bonds is 3. The van der Waals surface area contributed by atoms with E-state index in [1.54, 1.807) is 0 Å². The van der Waals surface area contributed by atoms with Gasteiger partial charge in [-0.05, 0) is 30.4 Å². The number of benzene rings is 1. The topological polar surface area (TPSA) is 61.4 Å². The van der Waals surface area contributed by atoms with E-state index in [4.69, 9.17) is 0 Å². The van der Waals surface area contributed by atoms with Crippen molar-refractivity contribution in [2.45, 2.75) is 18.2 Å². The van der Waals surface area contributed by atoms with Gasteiger partial charge in [-0.1, -0.05) is 6.07 Å². The zero-order valence-electron chi connectivity index (χ0n) is 10.3. The molecule has 110 valence electrons. The second kappa shape index (κ2) is 5.53.